The summed E-state index contributed by atoms with van der Waals surface area (Å²) >= 11 is 0.753. The first-order valence-electron chi connectivity index (χ1n) is 8.14. The van der Waals surface area contributed by atoms with Gasteiger partial charge in [0.15, 0.2) is 0 Å². The second-order valence-corrected chi connectivity index (χ2v) is 7.57. The molecule has 108 valence electrons. The zero-order chi connectivity index (χ0) is 14.7. The first-order valence-corrected chi connectivity index (χ1v) is 9.30. The third-order valence-corrected chi connectivity index (χ3v) is 6.13. The van der Waals surface area contributed by atoms with Gasteiger partial charge in [0.1, 0.15) is 0 Å². The molecule has 0 aromatic rings. The van der Waals surface area contributed by atoms with E-state index in [1.165, 1.54) is 51.4 Å². The van der Waals surface area contributed by atoms with Gasteiger partial charge in [-0.1, -0.05) is 6.92 Å². The standard InChI is InChI=1S/C16H31O2.Na/c1-4-5-6-7-8-9-10-11-12-13-15(17)14-16(2,3)18;/h14,18H,4-13H2,1-3H3;. The number of Topliss-reactive ketones (excluding diaryl/α,β-unsaturated/α-hetero) is 1. The van der Waals surface area contributed by atoms with Crippen LogP contribution in [0.1, 0.15) is 85.0 Å². The van der Waals surface area contributed by atoms with Crippen molar-refractivity contribution < 1.29 is 9.90 Å². The Labute approximate surface area is 137 Å². The number of hydrogen-bond acceptors (Lipinski definition) is 2. The van der Waals surface area contributed by atoms with Gasteiger partial charge in [-0.05, 0) is 0 Å². The Hall–Kier alpha value is 0.630. The summed E-state index contributed by atoms with van der Waals surface area (Å²) < 4.78 is -0.110. The maximum absolute atomic E-state index is 11.9. The van der Waals surface area contributed by atoms with E-state index >= 15 is 0 Å². The summed E-state index contributed by atoms with van der Waals surface area (Å²) in [6, 6.07) is 0. The van der Waals surface area contributed by atoms with Gasteiger partial charge in [-0.25, -0.2) is 0 Å². The first-order chi connectivity index (χ1) is 8.89. The number of carbonyl (C=O) groups excluding carboxylic acids is 1. The van der Waals surface area contributed by atoms with Crippen molar-refractivity contribution in [2.24, 2.45) is 0 Å². The molecule has 0 rings (SSSR count). The molecule has 0 radical (unpaired) electrons. The van der Waals surface area contributed by atoms with Gasteiger partial charge in [0.05, 0.1) is 0 Å². The van der Waals surface area contributed by atoms with Crippen LogP contribution in [0.5, 0.6) is 0 Å². The van der Waals surface area contributed by atoms with Crippen LogP contribution in [-0.2, 0) is 4.79 Å². The van der Waals surface area contributed by atoms with Crippen LogP contribution in [0.4, 0.5) is 0 Å². The normalized spacial score (nSPS) is 13.6. The van der Waals surface area contributed by atoms with Crippen molar-refractivity contribution >= 4 is 33.7 Å². The Kier molecular flexibility index (Phi) is 11.7. The van der Waals surface area contributed by atoms with E-state index in [2.05, 4.69) is 6.92 Å². The first kappa shape index (κ1) is 19.6. The van der Waals surface area contributed by atoms with Crippen LogP contribution in [-0.4, -0.2) is 44.4 Å². The molecule has 0 aliphatic carbocycles. The van der Waals surface area contributed by atoms with Crippen LogP contribution in [0.25, 0.3) is 0 Å². The van der Waals surface area contributed by atoms with Crippen molar-refractivity contribution in [1.29, 1.82) is 0 Å². The number of hydrogen-bond donors (Lipinski definition) is 1. The topological polar surface area (TPSA) is 37.3 Å². The summed E-state index contributed by atoms with van der Waals surface area (Å²) in [5.74, 6) is 0.266. The summed E-state index contributed by atoms with van der Waals surface area (Å²) in [5.41, 5.74) is -0.817. The predicted molar refractivity (Wildman–Crippen MR) is 82.7 cm³/mol. The monoisotopic (exact) mass is 278 g/mol. The fraction of sp³-hybridized carbons (Fsp3) is 0.938. The second-order valence-electron chi connectivity index (χ2n) is 6.42. The summed E-state index contributed by atoms with van der Waals surface area (Å²) in [4.78, 5) is 11.9. The molecular weight excluding hydrogens is 247 g/mol. The van der Waals surface area contributed by atoms with E-state index in [-0.39, 0.29) is 8.95 Å². The van der Waals surface area contributed by atoms with E-state index < -0.39 is 5.60 Å². The average molecular weight is 278 g/mol. The quantitative estimate of drug-likeness (QED) is 0.429. The molecule has 0 aromatic carbocycles. The molecule has 0 amide bonds. The molecule has 1 unspecified atom stereocenters. The molecule has 3 heteroatoms. The van der Waals surface area contributed by atoms with Crippen molar-refractivity contribution in [3.05, 3.63) is 0 Å². The van der Waals surface area contributed by atoms with E-state index in [9.17, 15) is 9.90 Å². The zero-order valence-corrected chi connectivity index (χ0v) is 15.5. The fourth-order valence-corrected chi connectivity index (χ4v) is 2.51. The van der Waals surface area contributed by atoms with Crippen LogP contribution in [0.3, 0.4) is 0 Å². The number of rotatable bonds is 12. The van der Waals surface area contributed by atoms with Crippen molar-refractivity contribution in [3.8, 4) is 0 Å². The molecule has 0 spiro atoms. The van der Waals surface area contributed by atoms with Gasteiger partial charge in [-0.15, -0.1) is 0 Å². The van der Waals surface area contributed by atoms with Gasteiger partial charge in [0.2, 0.25) is 0 Å². The van der Waals surface area contributed by atoms with Gasteiger partial charge >= 0.3 is 130 Å². The molecule has 0 saturated carbocycles. The van der Waals surface area contributed by atoms with Gasteiger partial charge in [-0.3, -0.25) is 0 Å². The summed E-state index contributed by atoms with van der Waals surface area (Å²) in [5, 5.41) is 9.81. The van der Waals surface area contributed by atoms with Gasteiger partial charge in [0.25, 0.3) is 0 Å². The van der Waals surface area contributed by atoms with Crippen LogP contribution in [0, 0.1) is 0 Å². The van der Waals surface area contributed by atoms with Crippen molar-refractivity contribution in [2.75, 3.05) is 0 Å². The average Bonchev–Trinajstić information content (AvgIpc) is 2.34. The number of unbranched alkanes of at least 4 members (excludes halogenated alkanes) is 8. The third-order valence-electron chi connectivity index (χ3n) is 4.07. The van der Waals surface area contributed by atoms with Crippen molar-refractivity contribution in [3.63, 3.8) is 0 Å². The molecule has 2 nitrogen and oxygen atoms in total. The molecule has 0 heterocycles. The summed E-state index contributed by atoms with van der Waals surface area (Å²) in [6.07, 6.45) is 12.2. The fourth-order valence-electron chi connectivity index (χ4n) is 2.22. The molecule has 1 N–H and O–H groups in total. The molecule has 0 aliphatic heterocycles. The minimum absolute atomic E-state index is 0.110. The van der Waals surface area contributed by atoms with Crippen LogP contribution in [0.15, 0.2) is 0 Å². The maximum atomic E-state index is 11.9. The second kappa shape index (κ2) is 11.3. The molecule has 0 bridgehead atoms. The Balaban J connectivity index is 3.42. The van der Waals surface area contributed by atoms with Crippen LogP contribution in [0.2, 0.25) is 3.17 Å². The molecule has 19 heavy (non-hydrogen) atoms. The van der Waals surface area contributed by atoms with E-state index in [1.54, 1.807) is 13.8 Å². The van der Waals surface area contributed by atoms with E-state index in [0.717, 1.165) is 34.4 Å². The molecular formula is C16H31NaO2. The van der Waals surface area contributed by atoms with E-state index in [1.807, 2.05) is 0 Å². The van der Waals surface area contributed by atoms with Gasteiger partial charge in [0, 0.05) is 0 Å². The van der Waals surface area contributed by atoms with E-state index in [4.69, 9.17) is 0 Å². The van der Waals surface area contributed by atoms with Crippen LogP contribution < -0.4 is 0 Å². The predicted octanol–water partition coefficient (Wildman–Crippen LogP) is 4.20. The van der Waals surface area contributed by atoms with Crippen molar-refractivity contribution in [1.82, 2.24) is 0 Å². The van der Waals surface area contributed by atoms with Gasteiger partial charge in [-0.2, -0.15) is 0 Å². The van der Waals surface area contributed by atoms with Gasteiger partial charge < -0.3 is 0 Å². The van der Waals surface area contributed by atoms with E-state index in [0.29, 0.717) is 6.42 Å². The molecule has 1 atom stereocenters. The number of ketones is 1. The molecule has 0 saturated heterocycles. The molecule has 0 aromatic heterocycles. The summed E-state index contributed by atoms with van der Waals surface area (Å²) in [6.45, 7) is 5.74. The Morgan fingerprint density at radius 1 is 1.00 bits per heavy atom. The summed E-state index contributed by atoms with van der Waals surface area (Å²) in [7, 11) is 0. The Morgan fingerprint density at radius 3 is 1.84 bits per heavy atom. The number of carbonyl (C=O) groups is 1. The third kappa shape index (κ3) is 11.0. The van der Waals surface area contributed by atoms with Crippen LogP contribution >= 0.6 is 0 Å². The minimum atomic E-state index is -0.817. The molecule has 0 fully saturated rings. The number of aliphatic hydroxyl groups is 1. The van der Waals surface area contributed by atoms with Crippen molar-refractivity contribution in [2.45, 2.75) is 93.7 Å². The SMILES string of the molecule is CCCCCCCCCCCC(=O)[CH]([Na])C(C)(C)O. The zero-order valence-electron chi connectivity index (χ0n) is 13.5. The molecule has 0 aliphatic rings. The Morgan fingerprint density at radius 2 is 1.42 bits per heavy atom. The Bertz CT molecular complexity index is 233.